The predicted octanol–water partition coefficient (Wildman–Crippen LogP) is 2.62. The van der Waals surface area contributed by atoms with Crippen molar-refractivity contribution in [1.29, 1.82) is 0 Å². The van der Waals surface area contributed by atoms with E-state index in [1.54, 1.807) is 0 Å². The Hall–Kier alpha value is -0.710. The zero-order chi connectivity index (χ0) is 13.2. The highest BCUT2D eigenvalue weighted by Crippen LogP contribution is 2.40. The van der Waals surface area contributed by atoms with Gasteiger partial charge in [0.05, 0.1) is 17.4 Å². The van der Waals surface area contributed by atoms with Gasteiger partial charge in [-0.05, 0) is 26.5 Å². The van der Waals surface area contributed by atoms with Gasteiger partial charge >= 0.3 is 0 Å². The van der Waals surface area contributed by atoms with E-state index in [0.717, 1.165) is 25.4 Å². The summed E-state index contributed by atoms with van der Waals surface area (Å²) in [5, 5.41) is 4.50. The third-order valence-electron chi connectivity index (χ3n) is 4.00. The van der Waals surface area contributed by atoms with Crippen LogP contribution in [-0.4, -0.2) is 36.9 Å². The largest absolute Gasteiger partial charge is 0.492 e. The second-order valence-corrected chi connectivity index (χ2v) is 6.68. The quantitative estimate of drug-likeness (QED) is 0.921. The highest BCUT2D eigenvalue weighted by atomic mass is 32.2. The molecule has 2 heterocycles. The molecule has 0 aromatic heterocycles. The average Bonchev–Trinajstić information content (AvgIpc) is 2.84. The molecule has 4 heteroatoms. The summed E-state index contributed by atoms with van der Waals surface area (Å²) in [5.41, 5.74) is 1.28. The summed E-state index contributed by atoms with van der Waals surface area (Å²) < 4.78 is 11.6. The van der Waals surface area contributed by atoms with Gasteiger partial charge in [-0.2, -0.15) is 0 Å². The van der Waals surface area contributed by atoms with Crippen molar-refractivity contribution < 1.29 is 9.47 Å². The van der Waals surface area contributed by atoms with Gasteiger partial charge in [-0.15, -0.1) is 11.8 Å². The smallest absolute Gasteiger partial charge is 0.124 e. The fourth-order valence-corrected chi connectivity index (χ4v) is 4.48. The van der Waals surface area contributed by atoms with Crippen LogP contribution in [0.5, 0.6) is 5.75 Å². The monoisotopic (exact) mass is 279 g/mol. The van der Waals surface area contributed by atoms with Crippen LogP contribution >= 0.6 is 11.8 Å². The topological polar surface area (TPSA) is 30.5 Å². The third kappa shape index (κ3) is 2.62. The molecule has 0 spiro atoms. The normalized spacial score (nSPS) is 33.8. The molecule has 1 N–H and O–H groups in total. The first-order chi connectivity index (χ1) is 9.29. The van der Waals surface area contributed by atoms with Crippen LogP contribution in [0.25, 0.3) is 0 Å². The summed E-state index contributed by atoms with van der Waals surface area (Å²) in [5.74, 6) is 1.02. The Labute approximate surface area is 119 Å². The van der Waals surface area contributed by atoms with E-state index in [2.05, 4.69) is 30.4 Å². The molecule has 0 saturated carbocycles. The van der Waals surface area contributed by atoms with Gasteiger partial charge in [0.1, 0.15) is 12.4 Å². The zero-order valence-corrected chi connectivity index (χ0v) is 12.3. The van der Waals surface area contributed by atoms with Crippen LogP contribution in [0.2, 0.25) is 0 Å². The molecule has 19 heavy (non-hydrogen) atoms. The molecule has 1 aromatic carbocycles. The molecule has 1 aromatic rings. The molecule has 3 nitrogen and oxygen atoms in total. The van der Waals surface area contributed by atoms with Crippen molar-refractivity contribution in [3.8, 4) is 5.75 Å². The van der Waals surface area contributed by atoms with E-state index in [1.165, 1.54) is 5.56 Å². The third-order valence-corrected chi connectivity index (χ3v) is 5.72. The molecule has 0 aliphatic carbocycles. The summed E-state index contributed by atoms with van der Waals surface area (Å²) in [4.78, 5) is 0. The van der Waals surface area contributed by atoms with Crippen LogP contribution in [0.4, 0.5) is 0 Å². The lowest BCUT2D eigenvalue weighted by Gasteiger charge is -2.34. The maximum atomic E-state index is 5.91. The van der Waals surface area contributed by atoms with Gasteiger partial charge in [-0.25, -0.2) is 0 Å². The minimum Gasteiger partial charge on any atom is -0.492 e. The number of hydrogen-bond donors (Lipinski definition) is 1. The number of rotatable bonds is 3. The standard InChI is InChI=1S/C15H21NO2S/c1-10-13(7-8-17-10)19-14-9-18-12-6-4-3-5-11(12)15(14)16-2/h3-6,10,13-16H,7-9H2,1-2H3. The van der Waals surface area contributed by atoms with Crippen molar-refractivity contribution in [3.63, 3.8) is 0 Å². The Bertz CT molecular complexity index is 440. The fraction of sp³-hybridized carbons (Fsp3) is 0.600. The number of hydrogen-bond acceptors (Lipinski definition) is 4. The molecule has 1 saturated heterocycles. The summed E-state index contributed by atoms with van der Waals surface area (Å²) in [6.07, 6.45) is 1.51. The molecule has 2 aliphatic heterocycles. The maximum Gasteiger partial charge on any atom is 0.124 e. The van der Waals surface area contributed by atoms with E-state index >= 15 is 0 Å². The molecule has 0 radical (unpaired) electrons. The van der Waals surface area contributed by atoms with Gasteiger partial charge in [0.25, 0.3) is 0 Å². The van der Waals surface area contributed by atoms with Gasteiger partial charge in [-0.3, -0.25) is 0 Å². The summed E-state index contributed by atoms with van der Waals surface area (Å²) >= 11 is 2.02. The van der Waals surface area contributed by atoms with Crippen molar-refractivity contribution in [1.82, 2.24) is 5.32 Å². The summed E-state index contributed by atoms with van der Waals surface area (Å²) in [6.45, 7) is 3.85. The van der Waals surface area contributed by atoms with Gasteiger partial charge in [-0.1, -0.05) is 18.2 Å². The van der Waals surface area contributed by atoms with Crippen LogP contribution in [-0.2, 0) is 4.74 Å². The molecule has 104 valence electrons. The SMILES string of the molecule is CNC1c2ccccc2OCC1SC1CCOC1C. The molecule has 0 bridgehead atoms. The highest BCUT2D eigenvalue weighted by molar-refractivity contribution is 8.00. The van der Waals surface area contributed by atoms with Crippen LogP contribution < -0.4 is 10.1 Å². The average molecular weight is 279 g/mol. The number of thioether (sulfide) groups is 1. The maximum absolute atomic E-state index is 5.91. The van der Waals surface area contributed by atoms with E-state index in [0.29, 0.717) is 22.6 Å². The Morgan fingerprint density at radius 1 is 1.26 bits per heavy atom. The Balaban J connectivity index is 1.76. The Kier molecular flexibility index (Phi) is 4.01. The van der Waals surface area contributed by atoms with E-state index in [9.17, 15) is 0 Å². The lowest BCUT2D eigenvalue weighted by atomic mass is 10.0. The molecule has 4 atom stereocenters. The first-order valence-electron chi connectivity index (χ1n) is 6.95. The van der Waals surface area contributed by atoms with Crippen LogP contribution in [0.1, 0.15) is 24.9 Å². The highest BCUT2D eigenvalue weighted by Gasteiger charge is 2.35. The number of fused-ring (bicyclic) bond motifs is 1. The van der Waals surface area contributed by atoms with Crippen molar-refractivity contribution in [2.24, 2.45) is 0 Å². The minimum atomic E-state index is 0.361. The Morgan fingerprint density at radius 3 is 2.84 bits per heavy atom. The number of benzene rings is 1. The Morgan fingerprint density at radius 2 is 2.11 bits per heavy atom. The van der Waals surface area contributed by atoms with Crippen molar-refractivity contribution >= 4 is 11.8 Å². The van der Waals surface area contributed by atoms with Crippen LogP contribution in [0, 0.1) is 0 Å². The lowest BCUT2D eigenvalue weighted by Crippen LogP contribution is -2.37. The minimum absolute atomic E-state index is 0.361. The van der Waals surface area contributed by atoms with Crippen LogP contribution in [0.3, 0.4) is 0 Å². The van der Waals surface area contributed by atoms with E-state index in [-0.39, 0.29) is 0 Å². The molecule has 3 rings (SSSR count). The summed E-state index contributed by atoms with van der Waals surface area (Å²) in [6, 6.07) is 8.70. The van der Waals surface area contributed by atoms with Crippen LogP contribution in [0.15, 0.2) is 24.3 Å². The van der Waals surface area contributed by atoms with Gasteiger partial charge in [0.2, 0.25) is 0 Å². The molecular formula is C15H21NO2S. The van der Waals surface area contributed by atoms with Crippen molar-refractivity contribution in [2.75, 3.05) is 20.3 Å². The van der Waals surface area contributed by atoms with E-state index < -0.39 is 0 Å². The predicted molar refractivity (Wildman–Crippen MR) is 78.9 cm³/mol. The summed E-state index contributed by atoms with van der Waals surface area (Å²) in [7, 11) is 2.04. The molecule has 0 amide bonds. The first-order valence-corrected chi connectivity index (χ1v) is 7.90. The zero-order valence-electron chi connectivity index (χ0n) is 11.5. The fourth-order valence-electron chi connectivity index (χ4n) is 2.91. The number of ether oxygens (including phenoxy) is 2. The number of nitrogens with one attached hydrogen (secondary N) is 1. The van der Waals surface area contributed by atoms with Crippen molar-refractivity contribution in [2.45, 2.75) is 36.0 Å². The first kappa shape index (κ1) is 13.3. The lowest BCUT2D eigenvalue weighted by molar-refractivity contribution is 0.127. The molecular weight excluding hydrogens is 258 g/mol. The van der Waals surface area contributed by atoms with Crippen molar-refractivity contribution in [3.05, 3.63) is 29.8 Å². The second kappa shape index (κ2) is 5.73. The molecule has 2 aliphatic rings. The van der Waals surface area contributed by atoms with E-state index in [4.69, 9.17) is 9.47 Å². The van der Waals surface area contributed by atoms with Gasteiger partial charge in [0, 0.05) is 17.4 Å². The van der Waals surface area contributed by atoms with Gasteiger partial charge in [0.15, 0.2) is 0 Å². The molecule has 4 unspecified atom stereocenters. The van der Waals surface area contributed by atoms with Gasteiger partial charge < -0.3 is 14.8 Å². The number of para-hydroxylation sites is 1. The van der Waals surface area contributed by atoms with E-state index in [1.807, 2.05) is 24.9 Å². The molecule has 1 fully saturated rings. The second-order valence-electron chi connectivity index (χ2n) is 5.19.